The van der Waals surface area contributed by atoms with Gasteiger partial charge in [-0.15, -0.1) is 0 Å². The van der Waals surface area contributed by atoms with Gasteiger partial charge in [-0.25, -0.2) is 0 Å². The average molecular weight is 397 g/mol. The highest BCUT2D eigenvalue weighted by molar-refractivity contribution is 5.96. The molecule has 3 amide bonds. The van der Waals surface area contributed by atoms with Gasteiger partial charge < -0.3 is 20.4 Å². The van der Waals surface area contributed by atoms with Gasteiger partial charge in [0.2, 0.25) is 11.8 Å². The number of hydrogen-bond acceptors (Lipinski definition) is 4. The fourth-order valence-electron chi connectivity index (χ4n) is 3.53. The van der Waals surface area contributed by atoms with Crippen molar-refractivity contribution < 1.29 is 18.8 Å². The Morgan fingerprint density at radius 3 is 2.34 bits per heavy atom. The van der Waals surface area contributed by atoms with E-state index in [-0.39, 0.29) is 30.2 Å². The number of nitrogens with one attached hydrogen (secondary N) is 3. The lowest BCUT2D eigenvalue weighted by molar-refractivity contribution is -0.126. The van der Waals surface area contributed by atoms with Gasteiger partial charge >= 0.3 is 0 Å². The minimum Gasteiger partial charge on any atom is -0.467 e. The van der Waals surface area contributed by atoms with Gasteiger partial charge in [0.05, 0.1) is 19.4 Å². The van der Waals surface area contributed by atoms with Crippen molar-refractivity contribution in [2.75, 3.05) is 13.1 Å². The highest BCUT2D eigenvalue weighted by Crippen LogP contribution is 2.28. The van der Waals surface area contributed by atoms with E-state index in [1.807, 2.05) is 12.1 Å². The van der Waals surface area contributed by atoms with Crippen LogP contribution in [0.1, 0.15) is 41.8 Å². The van der Waals surface area contributed by atoms with Crippen LogP contribution in [0.15, 0.2) is 53.1 Å². The van der Waals surface area contributed by atoms with E-state index >= 15 is 0 Å². The number of hydrogen-bond donors (Lipinski definition) is 3. The molecular formula is C22H27N3O4. The van der Waals surface area contributed by atoms with Gasteiger partial charge in [0, 0.05) is 18.0 Å². The molecule has 2 aromatic rings. The second-order valence-corrected chi connectivity index (χ2v) is 7.37. The van der Waals surface area contributed by atoms with Crippen LogP contribution in [0.5, 0.6) is 0 Å². The maximum atomic E-state index is 12.3. The number of amides is 3. The summed E-state index contributed by atoms with van der Waals surface area (Å²) in [4.78, 5) is 36.2. The predicted molar refractivity (Wildman–Crippen MR) is 108 cm³/mol. The maximum Gasteiger partial charge on any atom is 0.251 e. The summed E-state index contributed by atoms with van der Waals surface area (Å²) in [7, 11) is 0. The molecule has 3 rings (SSSR count). The Hall–Kier alpha value is -3.09. The van der Waals surface area contributed by atoms with E-state index in [2.05, 4.69) is 16.0 Å². The van der Waals surface area contributed by atoms with Gasteiger partial charge in [0.25, 0.3) is 5.91 Å². The summed E-state index contributed by atoms with van der Waals surface area (Å²) in [6.07, 6.45) is 5.02. The van der Waals surface area contributed by atoms with Crippen LogP contribution in [-0.2, 0) is 16.1 Å². The zero-order chi connectivity index (χ0) is 20.5. The summed E-state index contributed by atoms with van der Waals surface area (Å²) in [6, 6.07) is 12.4. The van der Waals surface area contributed by atoms with Crippen molar-refractivity contribution in [3.63, 3.8) is 0 Å². The van der Waals surface area contributed by atoms with Gasteiger partial charge in [0.15, 0.2) is 0 Å². The van der Waals surface area contributed by atoms with Gasteiger partial charge in [-0.2, -0.15) is 0 Å². The first-order valence-electron chi connectivity index (χ1n) is 10.0. The smallest absolute Gasteiger partial charge is 0.251 e. The third kappa shape index (κ3) is 6.48. The summed E-state index contributed by atoms with van der Waals surface area (Å²) in [5, 5.41) is 8.42. The molecule has 7 nitrogen and oxygen atoms in total. The van der Waals surface area contributed by atoms with E-state index in [4.69, 9.17) is 4.42 Å². The molecule has 29 heavy (non-hydrogen) atoms. The average Bonchev–Trinajstić information content (AvgIpc) is 3.29. The molecule has 0 saturated heterocycles. The number of benzene rings is 1. The topological polar surface area (TPSA) is 100 Å². The van der Waals surface area contributed by atoms with E-state index in [0.717, 1.165) is 31.4 Å². The van der Waals surface area contributed by atoms with E-state index in [1.54, 1.807) is 36.6 Å². The van der Waals surface area contributed by atoms with Gasteiger partial charge in [-0.05, 0) is 55.9 Å². The molecule has 154 valence electrons. The fourth-order valence-corrected chi connectivity index (χ4v) is 3.53. The highest BCUT2D eigenvalue weighted by Gasteiger charge is 2.26. The Kier molecular flexibility index (Phi) is 7.44. The van der Waals surface area contributed by atoms with Crippen LogP contribution in [0.2, 0.25) is 0 Å². The van der Waals surface area contributed by atoms with Crippen LogP contribution in [0.4, 0.5) is 0 Å². The summed E-state index contributed by atoms with van der Waals surface area (Å²) in [5.74, 6) is 0.719. The van der Waals surface area contributed by atoms with E-state index in [1.165, 1.54) is 0 Å². The third-order valence-electron chi connectivity index (χ3n) is 5.27. The molecule has 1 aromatic heterocycles. The zero-order valence-corrected chi connectivity index (χ0v) is 16.4. The van der Waals surface area contributed by atoms with Gasteiger partial charge in [-0.1, -0.05) is 18.2 Å². The second-order valence-electron chi connectivity index (χ2n) is 7.37. The SMILES string of the molecule is O=C(CNC(=O)c1ccccc1)NCC1CCC(C(=O)NCc2ccco2)CC1. The van der Waals surface area contributed by atoms with Crippen molar-refractivity contribution in [1.82, 2.24) is 16.0 Å². The highest BCUT2D eigenvalue weighted by atomic mass is 16.3. The molecule has 1 heterocycles. The minimum atomic E-state index is -0.262. The van der Waals surface area contributed by atoms with Crippen LogP contribution in [-0.4, -0.2) is 30.8 Å². The zero-order valence-electron chi connectivity index (χ0n) is 16.4. The van der Waals surface area contributed by atoms with Gasteiger partial charge in [0.1, 0.15) is 5.76 Å². The molecule has 1 aliphatic carbocycles. The second kappa shape index (κ2) is 10.5. The largest absolute Gasteiger partial charge is 0.467 e. The van der Waals surface area contributed by atoms with Crippen molar-refractivity contribution in [3.05, 3.63) is 60.1 Å². The predicted octanol–water partition coefficient (Wildman–Crippen LogP) is 2.25. The van der Waals surface area contributed by atoms with Crippen LogP contribution >= 0.6 is 0 Å². The summed E-state index contributed by atoms with van der Waals surface area (Å²) in [5.41, 5.74) is 0.531. The quantitative estimate of drug-likeness (QED) is 0.636. The summed E-state index contributed by atoms with van der Waals surface area (Å²) in [6.45, 7) is 0.940. The Balaban J connectivity index is 1.29. The van der Waals surface area contributed by atoms with Gasteiger partial charge in [-0.3, -0.25) is 14.4 Å². The molecule has 7 heteroatoms. The van der Waals surface area contributed by atoms with Crippen LogP contribution in [0.3, 0.4) is 0 Å². The molecule has 0 spiro atoms. The first kappa shape index (κ1) is 20.6. The molecule has 0 bridgehead atoms. The lowest BCUT2D eigenvalue weighted by Gasteiger charge is -2.27. The summed E-state index contributed by atoms with van der Waals surface area (Å²) < 4.78 is 5.22. The van der Waals surface area contributed by atoms with Crippen LogP contribution < -0.4 is 16.0 Å². The number of carbonyl (C=O) groups excluding carboxylic acids is 3. The number of carbonyl (C=O) groups is 3. The van der Waals surface area contributed by atoms with Crippen molar-refractivity contribution >= 4 is 17.7 Å². The molecule has 0 atom stereocenters. The van der Waals surface area contributed by atoms with Crippen molar-refractivity contribution in [2.24, 2.45) is 11.8 Å². The van der Waals surface area contributed by atoms with E-state index < -0.39 is 0 Å². The summed E-state index contributed by atoms with van der Waals surface area (Å²) >= 11 is 0. The lowest BCUT2D eigenvalue weighted by Crippen LogP contribution is -2.40. The molecule has 3 N–H and O–H groups in total. The number of rotatable bonds is 8. The van der Waals surface area contributed by atoms with Crippen molar-refractivity contribution in [2.45, 2.75) is 32.2 Å². The Morgan fingerprint density at radius 2 is 1.66 bits per heavy atom. The fraction of sp³-hybridized carbons (Fsp3) is 0.409. The molecule has 0 aliphatic heterocycles. The Labute approximate surface area is 170 Å². The van der Waals surface area contributed by atoms with Crippen molar-refractivity contribution in [1.29, 1.82) is 0 Å². The molecule has 1 aliphatic rings. The molecule has 0 radical (unpaired) electrons. The maximum absolute atomic E-state index is 12.3. The molecule has 0 unspecified atom stereocenters. The molecule has 1 aromatic carbocycles. The molecule has 1 fully saturated rings. The van der Waals surface area contributed by atoms with E-state index in [9.17, 15) is 14.4 Å². The third-order valence-corrected chi connectivity index (χ3v) is 5.27. The Morgan fingerprint density at radius 1 is 0.897 bits per heavy atom. The van der Waals surface area contributed by atoms with E-state index in [0.29, 0.717) is 24.6 Å². The van der Waals surface area contributed by atoms with Crippen LogP contribution in [0.25, 0.3) is 0 Å². The van der Waals surface area contributed by atoms with Crippen LogP contribution in [0, 0.1) is 11.8 Å². The minimum absolute atomic E-state index is 0.0158. The Bertz CT molecular complexity index is 797. The first-order chi connectivity index (χ1) is 14.1. The molecule has 1 saturated carbocycles. The first-order valence-corrected chi connectivity index (χ1v) is 10.0. The number of furan rings is 1. The lowest BCUT2D eigenvalue weighted by atomic mass is 9.81. The monoisotopic (exact) mass is 397 g/mol. The molecular weight excluding hydrogens is 370 g/mol. The normalized spacial score (nSPS) is 18.6. The van der Waals surface area contributed by atoms with Crippen molar-refractivity contribution in [3.8, 4) is 0 Å². The standard InChI is InChI=1S/C22H27N3O4/c26-20(15-25-21(27)17-5-2-1-3-6-17)23-13-16-8-10-18(11-9-16)22(28)24-14-19-7-4-12-29-19/h1-7,12,16,18H,8-11,13-15H2,(H,23,26)(H,24,28)(H,25,27).